The molecule has 0 aliphatic carbocycles. The van der Waals surface area contributed by atoms with E-state index in [4.69, 9.17) is 23.2 Å². The maximum absolute atomic E-state index is 12.5. The molecule has 4 rings (SSSR count). The Balaban J connectivity index is 1.56. The van der Waals surface area contributed by atoms with Crippen LogP contribution in [0.25, 0.3) is 16.7 Å². The number of hydrogen-bond acceptors (Lipinski definition) is 5. The first-order valence-electron chi connectivity index (χ1n) is 9.25. The molecular weight excluding hydrogens is 457 g/mol. The molecular formula is C21H17Cl2N5O2S. The second kappa shape index (κ2) is 8.74. The number of benzene rings is 2. The van der Waals surface area contributed by atoms with Crippen LogP contribution in [-0.4, -0.2) is 31.4 Å². The summed E-state index contributed by atoms with van der Waals surface area (Å²) < 4.78 is 1.54. The topological polar surface area (TPSA) is 92.7 Å². The number of thioether (sulfide) groups is 1. The normalized spacial score (nSPS) is 11.1. The van der Waals surface area contributed by atoms with Crippen molar-refractivity contribution in [2.24, 2.45) is 0 Å². The van der Waals surface area contributed by atoms with Crippen LogP contribution in [0.2, 0.25) is 10.0 Å². The first-order valence-corrected chi connectivity index (χ1v) is 11.0. The predicted octanol–water partition coefficient (Wildman–Crippen LogP) is 4.76. The van der Waals surface area contributed by atoms with Crippen LogP contribution in [0.5, 0.6) is 0 Å². The average molecular weight is 474 g/mol. The average Bonchev–Trinajstić information content (AvgIpc) is 3.14. The summed E-state index contributed by atoms with van der Waals surface area (Å²) in [6.45, 7) is 3.82. The predicted molar refractivity (Wildman–Crippen MR) is 125 cm³/mol. The number of anilines is 1. The molecule has 7 nitrogen and oxygen atoms in total. The highest BCUT2D eigenvalue weighted by atomic mass is 35.5. The zero-order valence-corrected chi connectivity index (χ0v) is 18.9. The Morgan fingerprint density at radius 3 is 2.77 bits per heavy atom. The van der Waals surface area contributed by atoms with Crippen LogP contribution >= 0.6 is 35.0 Å². The molecule has 0 saturated heterocycles. The van der Waals surface area contributed by atoms with Gasteiger partial charge in [-0.25, -0.2) is 9.67 Å². The fourth-order valence-electron chi connectivity index (χ4n) is 3.15. The number of carbonyl (C=O) groups is 1. The van der Waals surface area contributed by atoms with Crippen LogP contribution in [0.4, 0.5) is 5.69 Å². The molecule has 1 amide bonds. The number of halogens is 2. The van der Waals surface area contributed by atoms with Gasteiger partial charge in [0.05, 0.1) is 28.3 Å². The number of nitrogens with one attached hydrogen (secondary N) is 2. The third-order valence-corrected chi connectivity index (χ3v) is 5.91. The molecule has 4 aromatic rings. The number of rotatable bonds is 5. The van der Waals surface area contributed by atoms with Crippen molar-refractivity contribution >= 4 is 57.6 Å². The van der Waals surface area contributed by atoms with Gasteiger partial charge in [0.15, 0.2) is 10.8 Å². The van der Waals surface area contributed by atoms with Crippen LogP contribution in [0.3, 0.4) is 0 Å². The third-order valence-electron chi connectivity index (χ3n) is 4.51. The quantitative estimate of drug-likeness (QED) is 0.321. The largest absolute Gasteiger partial charge is 0.324 e. The molecule has 0 saturated carbocycles. The number of aromatic amines is 1. The van der Waals surface area contributed by atoms with Gasteiger partial charge in [-0.15, -0.1) is 0 Å². The molecule has 0 fully saturated rings. The van der Waals surface area contributed by atoms with Gasteiger partial charge in [-0.3, -0.25) is 9.59 Å². The minimum absolute atomic E-state index is 0.0450. The highest BCUT2D eigenvalue weighted by Gasteiger charge is 2.14. The van der Waals surface area contributed by atoms with Crippen molar-refractivity contribution < 1.29 is 4.79 Å². The smallest absolute Gasteiger partial charge is 0.262 e. The van der Waals surface area contributed by atoms with E-state index in [-0.39, 0.29) is 17.2 Å². The van der Waals surface area contributed by atoms with Crippen molar-refractivity contribution in [1.29, 1.82) is 0 Å². The lowest BCUT2D eigenvalue weighted by Gasteiger charge is -2.11. The Morgan fingerprint density at radius 1 is 1.23 bits per heavy atom. The number of H-pyrrole nitrogens is 1. The summed E-state index contributed by atoms with van der Waals surface area (Å²) in [6.07, 6.45) is 1.45. The van der Waals surface area contributed by atoms with Crippen LogP contribution < -0.4 is 10.9 Å². The summed E-state index contributed by atoms with van der Waals surface area (Å²) in [4.78, 5) is 32.1. The van der Waals surface area contributed by atoms with Crippen molar-refractivity contribution in [3.63, 3.8) is 0 Å². The minimum Gasteiger partial charge on any atom is -0.324 e. The van der Waals surface area contributed by atoms with Crippen molar-refractivity contribution in [3.05, 3.63) is 74.1 Å². The highest BCUT2D eigenvalue weighted by molar-refractivity contribution is 7.99. The van der Waals surface area contributed by atoms with E-state index < -0.39 is 0 Å². The second-order valence-corrected chi connectivity index (χ2v) is 8.73. The van der Waals surface area contributed by atoms with Crippen molar-refractivity contribution in [3.8, 4) is 5.69 Å². The van der Waals surface area contributed by atoms with Gasteiger partial charge in [0, 0.05) is 5.02 Å². The molecule has 0 aliphatic heterocycles. The van der Waals surface area contributed by atoms with E-state index >= 15 is 0 Å². The number of fused-ring (bicyclic) bond motifs is 1. The van der Waals surface area contributed by atoms with Gasteiger partial charge in [0.1, 0.15) is 5.39 Å². The molecule has 0 spiro atoms. The molecule has 0 unspecified atom stereocenters. The van der Waals surface area contributed by atoms with Crippen LogP contribution in [0.15, 0.2) is 52.5 Å². The van der Waals surface area contributed by atoms with E-state index in [1.54, 1.807) is 24.3 Å². The van der Waals surface area contributed by atoms with E-state index in [1.807, 2.05) is 26.0 Å². The number of aryl methyl sites for hydroxylation is 2. The van der Waals surface area contributed by atoms with Gasteiger partial charge >= 0.3 is 0 Å². The van der Waals surface area contributed by atoms with E-state index in [9.17, 15) is 9.59 Å². The molecule has 10 heteroatoms. The molecule has 0 aliphatic rings. The maximum atomic E-state index is 12.5. The minimum atomic E-state index is -0.335. The fraction of sp³-hybridized carbons (Fsp3) is 0.143. The van der Waals surface area contributed by atoms with E-state index in [0.29, 0.717) is 37.6 Å². The number of carbonyl (C=O) groups excluding carboxylic acids is 1. The van der Waals surface area contributed by atoms with E-state index in [2.05, 4.69) is 20.4 Å². The zero-order valence-electron chi connectivity index (χ0n) is 16.6. The molecule has 2 aromatic heterocycles. The van der Waals surface area contributed by atoms with Crippen molar-refractivity contribution in [2.45, 2.75) is 19.0 Å². The van der Waals surface area contributed by atoms with Gasteiger partial charge < -0.3 is 10.3 Å². The molecule has 0 atom stereocenters. The molecule has 31 heavy (non-hydrogen) atoms. The summed E-state index contributed by atoms with van der Waals surface area (Å²) in [5.41, 5.74) is 3.19. The number of amides is 1. The Bertz CT molecular complexity index is 1340. The van der Waals surface area contributed by atoms with Gasteiger partial charge in [-0.2, -0.15) is 5.10 Å². The lowest BCUT2D eigenvalue weighted by atomic mass is 10.1. The van der Waals surface area contributed by atoms with Gasteiger partial charge in [-0.1, -0.05) is 47.1 Å². The van der Waals surface area contributed by atoms with Gasteiger partial charge in [-0.05, 0) is 49.2 Å². The molecule has 0 bridgehead atoms. The van der Waals surface area contributed by atoms with Crippen molar-refractivity contribution in [2.75, 3.05) is 11.1 Å². The van der Waals surface area contributed by atoms with Crippen LogP contribution in [0, 0.1) is 13.8 Å². The zero-order chi connectivity index (χ0) is 22.1. The first kappa shape index (κ1) is 21.4. The molecule has 2 N–H and O–H groups in total. The molecule has 0 radical (unpaired) electrons. The SMILES string of the molecule is Cc1cc(C)c(NC(=O)CSc2nc3c(cnn3-c3cccc(Cl)c3)c(=O)[nH]2)c(Cl)c1. The number of nitrogens with zero attached hydrogens (tertiary/aromatic N) is 3. The van der Waals surface area contributed by atoms with Crippen LogP contribution in [-0.2, 0) is 4.79 Å². The Labute approximate surface area is 191 Å². The number of hydrogen-bond donors (Lipinski definition) is 2. The van der Waals surface area contributed by atoms with Crippen molar-refractivity contribution in [1.82, 2.24) is 19.7 Å². The monoisotopic (exact) mass is 473 g/mol. The Hall–Kier alpha value is -2.81. The molecule has 2 heterocycles. The summed E-state index contributed by atoms with van der Waals surface area (Å²) in [7, 11) is 0. The Kier molecular flexibility index (Phi) is 6.04. The van der Waals surface area contributed by atoms with Crippen LogP contribution in [0.1, 0.15) is 11.1 Å². The Morgan fingerprint density at radius 2 is 2.03 bits per heavy atom. The maximum Gasteiger partial charge on any atom is 0.262 e. The lowest BCUT2D eigenvalue weighted by Crippen LogP contribution is -2.16. The fourth-order valence-corrected chi connectivity index (χ4v) is 4.36. The summed E-state index contributed by atoms with van der Waals surface area (Å²) in [5, 5.41) is 8.76. The lowest BCUT2D eigenvalue weighted by molar-refractivity contribution is -0.113. The van der Waals surface area contributed by atoms with Gasteiger partial charge in [0.25, 0.3) is 5.56 Å². The molecule has 2 aromatic carbocycles. The first-order chi connectivity index (χ1) is 14.8. The summed E-state index contributed by atoms with van der Waals surface area (Å²) in [6, 6.07) is 10.8. The number of aromatic nitrogens is 4. The van der Waals surface area contributed by atoms with E-state index in [0.717, 1.165) is 22.9 Å². The van der Waals surface area contributed by atoms with E-state index in [1.165, 1.54) is 10.9 Å². The standard InChI is InChI=1S/C21H17Cl2N5O2S/c1-11-6-12(2)18(16(23)7-11)25-17(29)10-31-21-26-19-15(20(30)27-21)9-24-28(19)14-5-3-4-13(22)8-14/h3-9H,10H2,1-2H3,(H,25,29)(H,26,27,30). The van der Waals surface area contributed by atoms with Gasteiger partial charge in [0.2, 0.25) is 5.91 Å². The molecule has 158 valence electrons. The second-order valence-electron chi connectivity index (χ2n) is 6.92. The highest BCUT2D eigenvalue weighted by Crippen LogP contribution is 2.28. The third kappa shape index (κ3) is 4.61. The summed E-state index contributed by atoms with van der Waals surface area (Å²) >= 11 is 13.4. The summed E-state index contributed by atoms with van der Waals surface area (Å²) in [5.74, 6) is -0.214.